The highest BCUT2D eigenvalue weighted by Crippen LogP contribution is 2.40. The molecular formula is C27H28ClN3O4. The van der Waals surface area contributed by atoms with Gasteiger partial charge in [0, 0.05) is 36.1 Å². The first-order chi connectivity index (χ1) is 17.0. The Morgan fingerprint density at radius 2 is 1.91 bits per heavy atom. The highest BCUT2D eigenvalue weighted by atomic mass is 35.5. The van der Waals surface area contributed by atoms with Crippen molar-refractivity contribution in [1.29, 1.82) is 0 Å². The van der Waals surface area contributed by atoms with Crippen LogP contribution in [0.2, 0.25) is 5.02 Å². The molecule has 3 aromatic rings. The summed E-state index contributed by atoms with van der Waals surface area (Å²) in [5.74, 6) is -0.962. The van der Waals surface area contributed by atoms with Crippen molar-refractivity contribution in [3.63, 3.8) is 0 Å². The number of ketones is 1. The number of hydrogen-bond donors (Lipinski definition) is 1. The van der Waals surface area contributed by atoms with Gasteiger partial charge in [0.1, 0.15) is 11.5 Å². The average Bonchev–Trinajstić information content (AvgIpc) is 3.47. The van der Waals surface area contributed by atoms with E-state index in [0.717, 1.165) is 12.8 Å². The summed E-state index contributed by atoms with van der Waals surface area (Å²) in [4.78, 5) is 31.8. The van der Waals surface area contributed by atoms with Crippen LogP contribution in [0, 0.1) is 0 Å². The van der Waals surface area contributed by atoms with Crippen LogP contribution in [0.4, 0.5) is 0 Å². The van der Waals surface area contributed by atoms with Gasteiger partial charge in [0.15, 0.2) is 0 Å². The lowest BCUT2D eigenvalue weighted by molar-refractivity contribution is -0.139. The SMILES string of the molecule is CCCCOc1cccc(/C(O)=C2\C(=O)C(=O)N(CCCn3ccnc3)C2c2ccc(Cl)cc2)c1. The molecule has 1 aliphatic rings. The van der Waals surface area contributed by atoms with Crippen LogP contribution in [0.1, 0.15) is 43.4 Å². The molecule has 7 nitrogen and oxygen atoms in total. The molecule has 1 unspecified atom stereocenters. The Kier molecular flexibility index (Phi) is 7.87. The molecule has 0 spiro atoms. The Labute approximate surface area is 209 Å². The number of benzene rings is 2. The Bertz CT molecular complexity index is 1210. The third-order valence-electron chi connectivity index (χ3n) is 5.97. The summed E-state index contributed by atoms with van der Waals surface area (Å²) in [6, 6.07) is 13.2. The number of nitrogens with zero attached hydrogens (tertiary/aromatic N) is 3. The quantitative estimate of drug-likeness (QED) is 0.181. The lowest BCUT2D eigenvalue weighted by Crippen LogP contribution is -2.31. The van der Waals surface area contributed by atoms with E-state index in [1.807, 2.05) is 10.8 Å². The molecule has 4 rings (SSSR count). The number of carbonyl (C=O) groups is 2. The van der Waals surface area contributed by atoms with E-state index in [0.29, 0.717) is 48.0 Å². The maximum Gasteiger partial charge on any atom is 0.295 e. The standard InChI is InChI=1S/C27H28ClN3O4/c1-2-3-16-35-22-7-4-6-20(17-22)25(32)23-24(19-8-10-21(28)11-9-19)31(27(34)26(23)33)14-5-13-30-15-12-29-18-30/h4,6-12,15,17-18,24,32H,2-3,5,13-14,16H2,1H3/b25-23+. The van der Waals surface area contributed by atoms with Crippen molar-refractivity contribution in [2.45, 2.75) is 38.8 Å². The number of aromatic nitrogens is 2. The number of carbonyl (C=O) groups excluding carboxylic acids is 2. The van der Waals surface area contributed by atoms with Crippen LogP contribution in [0.5, 0.6) is 5.75 Å². The summed E-state index contributed by atoms with van der Waals surface area (Å²) in [5.41, 5.74) is 1.19. The highest BCUT2D eigenvalue weighted by Gasteiger charge is 2.45. The molecule has 1 saturated heterocycles. The molecule has 1 atom stereocenters. The number of likely N-dealkylation sites (tertiary alicyclic amines) is 1. The van der Waals surface area contributed by atoms with Crippen LogP contribution in [0.15, 0.2) is 72.8 Å². The minimum absolute atomic E-state index is 0.0608. The van der Waals surface area contributed by atoms with Crippen LogP contribution in [0.25, 0.3) is 5.76 Å². The molecule has 182 valence electrons. The monoisotopic (exact) mass is 493 g/mol. The predicted molar refractivity (Wildman–Crippen MR) is 134 cm³/mol. The van der Waals surface area contributed by atoms with E-state index in [2.05, 4.69) is 11.9 Å². The molecule has 0 aliphatic carbocycles. The van der Waals surface area contributed by atoms with Crippen LogP contribution in [-0.2, 0) is 16.1 Å². The Morgan fingerprint density at radius 1 is 1.11 bits per heavy atom. The van der Waals surface area contributed by atoms with Crippen LogP contribution < -0.4 is 4.74 Å². The third kappa shape index (κ3) is 5.57. The second-order valence-electron chi connectivity index (χ2n) is 8.43. The molecule has 0 bridgehead atoms. The van der Waals surface area contributed by atoms with Gasteiger partial charge in [-0.05, 0) is 42.7 Å². The number of hydrogen-bond acceptors (Lipinski definition) is 5. The van der Waals surface area contributed by atoms with Crippen molar-refractivity contribution >= 4 is 29.1 Å². The van der Waals surface area contributed by atoms with Gasteiger partial charge in [-0.1, -0.05) is 49.2 Å². The first-order valence-corrected chi connectivity index (χ1v) is 12.1. The van der Waals surface area contributed by atoms with E-state index in [1.54, 1.807) is 61.1 Å². The van der Waals surface area contributed by atoms with Gasteiger partial charge >= 0.3 is 0 Å². The molecule has 0 radical (unpaired) electrons. The van der Waals surface area contributed by atoms with Crippen molar-refractivity contribution in [2.24, 2.45) is 0 Å². The third-order valence-corrected chi connectivity index (χ3v) is 6.23. The molecule has 8 heteroatoms. The van der Waals surface area contributed by atoms with E-state index in [9.17, 15) is 14.7 Å². The smallest absolute Gasteiger partial charge is 0.295 e. The summed E-state index contributed by atoms with van der Waals surface area (Å²) in [7, 11) is 0. The minimum Gasteiger partial charge on any atom is -0.507 e. The van der Waals surface area contributed by atoms with Gasteiger partial charge in [0.2, 0.25) is 0 Å². The number of aliphatic hydroxyl groups excluding tert-OH is 1. The number of aliphatic hydroxyl groups is 1. The molecule has 2 heterocycles. The zero-order chi connectivity index (χ0) is 24.8. The van der Waals surface area contributed by atoms with E-state index in [-0.39, 0.29) is 11.3 Å². The number of Topliss-reactive ketones (excluding diaryl/α,β-unsaturated/α-hetero) is 1. The molecule has 1 amide bonds. The number of ether oxygens (including phenoxy) is 1. The first-order valence-electron chi connectivity index (χ1n) is 11.7. The Hall–Kier alpha value is -3.58. The van der Waals surface area contributed by atoms with Crippen molar-refractivity contribution < 1.29 is 19.4 Å². The number of halogens is 1. The molecule has 35 heavy (non-hydrogen) atoms. The second kappa shape index (κ2) is 11.2. The Morgan fingerprint density at radius 3 is 2.63 bits per heavy atom. The Balaban J connectivity index is 1.68. The molecule has 1 aliphatic heterocycles. The van der Waals surface area contributed by atoms with E-state index in [1.165, 1.54) is 4.90 Å². The number of rotatable bonds is 10. The van der Waals surface area contributed by atoms with E-state index >= 15 is 0 Å². The predicted octanol–water partition coefficient (Wildman–Crippen LogP) is 5.23. The lowest BCUT2D eigenvalue weighted by atomic mass is 9.95. The van der Waals surface area contributed by atoms with Crippen molar-refractivity contribution in [3.8, 4) is 5.75 Å². The number of unbranched alkanes of at least 4 members (excludes halogenated alkanes) is 1. The van der Waals surface area contributed by atoms with Gasteiger partial charge in [-0.2, -0.15) is 0 Å². The summed E-state index contributed by atoms with van der Waals surface area (Å²) in [5, 5.41) is 11.8. The molecule has 1 N–H and O–H groups in total. The molecule has 1 aromatic heterocycles. The highest BCUT2D eigenvalue weighted by molar-refractivity contribution is 6.46. The fraction of sp³-hybridized carbons (Fsp3) is 0.296. The van der Waals surface area contributed by atoms with Crippen molar-refractivity contribution in [3.05, 3.63) is 89.0 Å². The molecule has 1 fully saturated rings. The van der Waals surface area contributed by atoms with Crippen LogP contribution in [0.3, 0.4) is 0 Å². The normalized spacial score (nSPS) is 17.2. The van der Waals surface area contributed by atoms with Gasteiger partial charge in [0.05, 0.1) is 24.5 Å². The molecule has 2 aromatic carbocycles. The zero-order valence-corrected chi connectivity index (χ0v) is 20.3. The first kappa shape index (κ1) is 24.5. The van der Waals surface area contributed by atoms with Gasteiger partial charge in [-0.15, -0.1) is 0 Å². The van der Waals surface area contributed by atoms with Gasteiger partial charge in [-0.3, -0.25) is 9.59 Å². The zero-order valence-electron chi connectivity index (χ0n) is 19.6. The maximum absolute atomic E-state index is 13.2. The van der Waals surface area contributed by atoms with Gasteiger partial charge in [-0.25, -0.2) is 4.98 Å². The van der Waals surface area contributed by atoms with E-state index < -0.39 is 17.7 Å². The summed E-state index contributed by atoms with van der Waals surface area (Å²) in [6.45, 7) is 3.63. The van der Waals surface area contributed by atoms with Crippen molar-refractivity contribution in [2.75, 3.05) is 13.2 Å². The fourth-order valence-corrected chi connectivity index (χ4v) is 4.29. The topological polar surface area (TPSA) is 84.7 Å². The summed E-state index contributed by atoms with van der Waals surface area (Å²) >= 11 is 6.09. The van der Waals surface area contributed by atoms with Gasteiger partial charge in [0.25, 0.3) is 11.7 Å². The summed E-state index contributed by atoms with van der Waals surface area (Å²) < 4.78 is 7.68. The second-order valence-corrected chi connectivity index (χ2v) is 8.86. The number of amides is 1. The summed E-state index contributed by atoms with van der Waals surface area (Å²) in [6.07, 6.45) is 7.79. The molecule has 0 saturated carbocycles. The van der Waals surface area contributed by atoms with E-state index in [4.69, 9.17) is 16.3 Å². The van der Waals surface area contributed by atoms with Crippen LogP contribution >= 0.6 is 11.6 Å². The van der Waals surface area contributed by atoms with Crippen LogP contribution in [-0.4, -0.2) is 44.4 Å². The lowest BCUT2D eigenvalue weighted by Gasteiger charge is -2.25. The van der Waals surface area contributed by atoms with Crippen molar-refractivity contribution in [1.82, 2.24) is 14.5 Å². The fourth-order valence-electron chi connectivity index (χ4n) is 4.17. The largest absolute Gasteiger partial charge is 0.507 e. The average molecular weight is 494 g/mol. The molecular weight excluding hydrogens is 466 g/mol. The number of aryl methyl sites for hydroxylation is 1. The van der Waals surface area contributed by atoms with Gasteiger partial charge < -0.3 is 19.3 Å². The maximum atomic E-state index is 13.2. The number of imidazole rings is 1. The minimum atomic E-state index is -0.722.